The van der Waals surface area contributed by atoms with E-state index in [0.717, 1.165) is 40.6 Å². The van der Waals surface area contributed by atoms with Crippen LogP contribution in [0.25, 0.3) is 10.9 Å². The van der Waals surface area contributed by atoms with E-state index in [1.807, 2.05) is 0 Å². The van der Waals surface area contributed by atoms with Crippen molar-refractivity contribution in [2.45, 2.75) is 65.7 Å². The molecule has 0 fully saturated rings. The van der Waals surface area contributed by atoms with Crippen molar-refractivity contribution in [2.24, 2.45) is 0 Å². The van der Waals surface area contributed by atoms with Crippen LogP contribution >= 0.6 is 0 Å². The second kappa shape index (κ2) is 6.37. The molecule has 1 N–H and O–H groups in total. The van der Waals surface area contributed by atoms with Gasteiger partial charge in [-0.05, 0) is 60.6 Å². The fourth-order valence-corrected chi connectivity index (χ4v) is 4.61. The number of H-pyrrole nitrogens is 1. The van der Waals surface area contributed by atoms with Gasteiger partial charge in [0.25, 0.3) is 0 Å². The molecule has 1 aromatic heterocycles. The Labute approximate surface area is 162 Å². The van der Waals surface area contributed by atoms with Crippen molar-refractivity contribution in [2.75, 3.05) is 0 Å². The van der Waals surface area contributed by atoms with E-state index in [4.69, 9.17) is 0 Å². The number of aromatic nitrogens is 1. The summed E-state index contributed by atoms with van der Waals surface area (Å²) >= 11 is 0. The monoisotopic (exact) mass is 359 g/mol. The molecule has 0 radical (unpaired) electrons. The molecule has 0 saturated carbocycles. The Balaban J connectivity index is 1.97. The van der Waals surface area contributed by atoms with Crippen molar-refractivity contribution in [1.29, 1.82) is 0 Å². The number of aromatic amines is 1. The predicted molar refractivity (Wildman–Crippen MR) is 113 cm³/mol. The van der Waals surface area contributed by atoms with Crippen molar-refractivity contribution in [3.8, 4) is 0 Å². The number of unbranched alkanes of at least 4 members (excludes halogenated alkanes) is 1. The van der Waals surface area contributed by atoms with Crippen LogP contribution < -0.4 is 0 Å². The third-order valence-corrected chi connectivity index (χ3v) is 6.24. The van der Waals surface area contributed by atoms with Crippen LogP contribution in [0, 0.1) is 6.92 Å². The lowest BCUT2D eigenvalue weighted by Gasteiger charge is -2.33. The van der Waals surface area contributed by atoms with E-state index in [-0.39, 0.29) is 11.2 Å². The first-order valence-electron chi connectivity index (χ1n) is 10.2. The largest absolute Gasteiger partial charge is 0.357 e. The molecule has 0 atom stereocenters. The van der Waals surface area contributed by atoms with E-state index >= 15 is 0 Å². The predicted octanol–water partition coefficient (Wildman–Crippen LogP) is 6.25. The smallest absolute Gasteiger partial charge is 0.195 e. The van der Waals surface area contributed by atoms with Gasteiger partial charge >= 0.3 is 0 Å². The van der Waals surface area contributed by atoms with Gasteiger partial charge < -0.3 is 4.98 Å². The minimum atomic E-state index is -0.210. The van der Waals surface area contributed by atoms with Crippen LogP contribution in [0.3, 0.4) is 0 Å². The first kappa shape index (κ1) is 18.0. The Morgan fingerprint density at radius 2 is 1.81 bits per heavy atom. The minimum absolute atomic E-state index is 0.172. The van der Waals surface area contributed by atoms with Gasteiger partial charge in [0.2, 0.25) is 0 Å². The van der Waals surface area contributed by atoms with Crippen molar-refractivity contribution in [1.82, 2.24) is 4.98 Å². The molecule has 0 saturated heterocycles. The van der Waals surface area contributed by atoms with Crippen LogP contribution in [0.15, 0.2) is 30.3 Å². The van der Waals surface area contributed by atoms with Crippen molar-refractivity contribution in [3.05, 3.63) is 69.4 Å². The zero-order valence-corrected chi connectivity index (χ0v) is 17.1. The highest BCUT2D eigenvalue weighted by atomic mass is 16.1. The maximum atomic E-state index is 13.5. The lowest BCUT2D eigenvalue weighted by atomic mass is 9.70. The number of nitrogens with one attached hydrogen (secondary N) is 1. The van der Waals surface area contributed by atoms with Crippen LogP contribution in [0.1, 0.15) is 84.4 Å². The Morgan fingerprint density at radius 3 is 2.52 bits per heavy atom. The van der Waals surface area contributed by atoms with Crippen LogP contribution in [0.4, 0.5) is 0 Å². The number of hydrogen-bond acceptors (Lipinski definition) is 1. The zero-order chi connectivity index (χ0) is 19.3. The molecule has 3 aromatic rings. The summed E-state index contributed by atoms with van der Waals surface area (Å²) in [6.07, 6.45) is 4.45. The Morgan fingerprint density at radius 1 is 1.04 bits per heavy atom. The SMILES string of the molecule is CCCCc1cc2c(cc1CC)C(=O)c1c([nH]c3cc(C)ccc13)C2(C)C. The molecule has 0 amide bonds. The summed E-state index contributed by atoms with van der Waals surface area (Å²) in [6, 6.07) is 10.8. The molecule has 2 nitrogen and oxygen atoms in total. The van der Waals surface area contributed by atoms with Gasteiger partial charge in [0.1, 0.15) is 0 Å². The fraction of sp³-hybridized carbons (Fsp3) is 0.400. The van der Waals surface area contributed by atoms with Gasteiger partial charge in [-0.2, -0.15) is 0 Å². The van der Waals surface area contributed by atoms with E-state index in [9.17, 15) is 4.79 Å². The van der Waals surface area contributed by atoms with Crippen LogP contribution in [0.5, 0.6) is 0 Å². The number of benzene rings is 2. The average molecular weight is 360 g/mol. The number of rotatable bonds is 4. The van der Waals surface area contributed by atoms with Crippen molar-refractivity contribution < 1.29 is 4.79 Å². The second-order valence-corrected chi connectivity index (χ2v) is 8.50. The van der Waals surface area contributed by atoms with Gasteiger partial charge in [0.05, 0.1) is 5.56 Å². The van der Waals surface area contributed by atoms with E-state index in [1.165, 1.54) is 35.1 Å². The highest BCUT2D eigenvalue weighted by Gasteiger charge is 2.40. The molecule has 2 aromatic carbocycles. The maximum Gasteiger partial charge on any atom is 0.195 e. The van der Waals surface area contributed by atoms with Gasteiger partial charge in [-0.15, -0.1) is 0 Å². The van der Waals surface area contributed by atoms with Gasteiger partial charge in [0, 0.05) is 27.6 Å². The van der Waals surface area contributed by atoms with E-state index < -0.39 is 0 Å². The summed E-state index contributed by atoms with van der Waals surface area (Å²) < 4.78 is 0. The molecule has 1 heterocycles. The molecule has 2 heteroatoms. The molecule has 0 bridgehead atoms. The molecule has 4 rings (SSSR count). The molecular weight excluding hydrogens is 330 g/mol. The highest BCUT2D eigenvalue weighted by Crippen LogP contribution is 2.44. The Hall–Kier alpha value is -2.35. The van der Waals surface area contributed by atoms with Gasteiger partial charge in [-0.25, -0.2) is 0 Å². The third kappa shape index (κ3) is 2.65. The number of ketones is 1. The Bertz CT molecular complexity index is 1050. The normalized spacial score (nSPS) is 15.1. The van der Waals surface area contributed by atoms with E-state index in [0.29, 0.717) is 0 Å². The minimum Gasteiger partial charge on any atom is -0.357 e. The number of carbonyl (C=O) groups excluding carboxylic acids is 1. The fourth-order valence-electron chi connectivity index (χ4n) is 4.61. The molecule has 1 aliphatic carbocycles. The van der Waals surface area contributed by atoms with E-state index in [2.05, 4.69) is 69.9 Å². The number of aryl methyl sites for hydroxylation is 3. The van der Waals surface area contributed by atoms with Crippen LogP contribution in [-0.4, -0.2) is 10.8 Å². The summed E-state index contributed by atoms with van der Waals surface area (Å²) in [5.74, 6) is 0.172. The standard InChI is InChI=1S/C25H29NO/c1-6-8-9-17-14-20-19(13-16(17)7-2)23(27)22-18-11-10-15(3)12-21(18)26-24(22)25(20,4)5/h10-14,26H,6-9H2,1-5H3. The van der Waals surface area contributed by atoms with Crippen LogP contribution in [0.2, 0.25) is 0 Å². The number of hydrogen-bond donors (Lipinski definition) is 1. The van der Waals surface area contributed by atoms with Gasteiger partial charge in [0.15, 0.2) is 5.78 Å². The summed E-state index contributed by atoms with van der Waals surface area (Å²) in [4.78, 5) is 17.1. The summed E-state index contributed by atoms with van der Waals surface area (Å²) in [6.45, 7) is 11.0. The maximum absolute atomic E-state index is 13.5. The van der Waals surface area contributed by atoms with Gasteiger partial charge in [-0.3, -0.25) is 4.79 Å². The topological polar surface area (TPSA) is 32.9 Å². The summed E-state index contributed by atoms with van der Waals surface area (Å²) in [5, 5.41) is 1.05. The number of fused-ring (bicyclic) bond motifs is 4. The third-order valence-electron chi connectivity index (χ3n) is 6.24. The molecule has 0 aliphatic heterocycles. The van der Waals surface area contributed by atoms with Gasteiger partial charge in [-0.1, -0.05) is 52.3 Å². The quantitative estimate of drug-likeness (QED) is 0.586. The summed E-state index contributed by atoms with van der Waals surface area (Å²) in [7, 11) is 0. The van der Waals surface area contributed by atoms with Crippen LogP contribution in [-0.2, 0) is 18.3 Å². The first-order valence-corrected chi connectivity index (χ1v) is 10.2. The first-order chi connectivity index (χ1) is 12.9. The lowest BCUT2D eigenvalue weighted by Crippen LogP contribution is -2.30. The van der Waals surface area contributed by atoms with E-state index in [1.54, 1.807) is 0 Å². The number of carbonyl (C=O) groups is 1. The molecule has 0 spiro atoms. The molecule has 1 aliphatic rings. The molecular formula is C25H29NO. The van der Waals surface area contributed by atoms with Crippen molar-refractivity contribution in [3.63, 3.8) is 0 Å². The molecule has 27 heavy (non-hydrogen) atoms. The summed E-state index contributed by atoms with van der Waals surface area (Å²) in [5.41, 5.74) is 8.79. The average Bonchev–Trinajstić information content (AvgIpc) is 3.03. The Kier molecular flexibility index (Phi) is 4.25. The molecule has 140 valence electrons. The van der Waals surface area contributed by atoms with Crippen molar-refractivity contribution >= 4 is 16.7 Å². The molecule has 0 unspecified atom stereocenters. The second-order valence-electron chi connectivity index (χ2n) is 8.50. The highest BCUT2D eigenvalue weighted by molar-refractivity contribution is 6.20. The lowest BCUT2D eigenvalue weighted by molar-refractivity contribution is 0.103. The zero-order valence-electron chi connectivity index (χ0n) is 17.1.